The van der Waals surface area contributed by atoms with Crippen LogP contribution in [0.25, 0.3) is 0 Å². The van der Waals surface area contributed by atoms with Crippen molar-refractivity contribution < 1.29 is 22.7 Å². The van der Waals surface area contributed by atoms with Crippen LogP contribution in [0.3, 0.4) is 0 Å². The molecular formula is C19H20ClF3N2O2. The molecule has 2 aromatic carbocycles. The lowest BCUT2D eigenvalue weighted by Gasteiger charge is -2.17. The summed E-state index contributed by atoms with van der Waals surface area (Å²) in [5.41, 5.74) is 0.0433. The van der Waals surface area contributed by atoms with E-state index in [4.69, 9.17) is 16.3 Å². The zero-order valence-corrected chi connectivity index (χ0v) is 15.7. The van der Waals surface area contributed by atoms with Crippen LogP contribution in [0.1, 0.15) is 18.1 Å². The molecule has 0 aliphatic rings. The number of halogens is 4. The van der Waals surface area contributed by atoms with Gasteiger partial charge < -0.3 is 10.1 Å². The van der Waals surface area contributed by atoms with Crippen molar-refractivity contribution in [2.75, 3.05) is 25.5 Å². The van der Waals surface area contributed by atoms with Gasteiger partial charge in [-0.25, -0.2) is 0 Å². The second kappa shape index (κ2) is 9.10. The van der Waals surface area contributed by atoms with Gasteiger partial charge in [-0.05, 0) is 49.9 Å². The van der Waals surface area contributed by atoms with E-state index in [2.05, 4.69) is 5.32 Å². The Balaban J connectivity index is 1.95. The van der Waals surface area contributed by atoms with Crippen LogP contribution in [0, 0.1) is 0 Å². The fourth-order valence-corrected chi connectivity index (χ4v) is 2.62. The number of anilines is 1. The number of amides is 1. The summed E-state index contributed by atoms with van der Waals surface area (Å²) in [7, 11) is 1.74. The van der Waals surface area contributed by atoms with Gasteiger partial charge in [-0.1, -0.05) is 23.7 Å². The standard InChI is InChI=1S/C19H20ClF3N2O2/c1-3-27-15-7-4-13(5-8-15)11-25(2)12-18(26)24-17-10-14(19(21,22)23)6-9-16(17)20/h4-10H,3,11-12H2,1-2H3,(H,24,26). The third-order valence-corrected chi connectivity index (χ3v) is 4.00. The molecule has 0 spiro atoms. The number of ether oxygens (including phenoxy) is 1. The minimum absolute atomic E-state index is 0.000213. The Morgan fingerprint density at radius 1 is 1.19 bits per heavy atom. The maximum Gasteiger partial charge on any atom is 0.416 e. The number of hydrogen-bond donors (Lipinski definition) is 1. The molecule has 1 amide bonds. The molecule has 0 aliphatic carbocycles. The van der Waals surface area contributed by atoms with Crippen molar-refractivity contribution in [3.8, 4) is 5.75 Å². The fourth-order valence-electron chi connectivity index (χ4n) is 2.46. The van der Waals surface area contributed by atoms with E-state index in [0.29, 0.717) is 13.2 Å². The molecule has 0 saturated carbocycles. The number of carbonyl (C=O) groups is 1. The average Bonchev–Trinajstić information content (AvgIpc) is 2.57. The van der Waals surface area contributed by atoms with Gasteiger partial charge in [-0.2, -0.15) is 13.2 Å². The Morgan fingerprint density at radius 3 is 2.44 bits per heavy atom. The lowest BCUT2D eigenvalue weighted by Crippen LogP contribution is -2.30. The largest absolute Gasteiger partial charge is 0.494 e. The van der Waals surface area contributed by atoms with Gasteiger partial charge in [0.2, 0.25) is 5.91 Å². The molecule has 146 valence electrons. The molecule has 0 fully saturated rings. The van der Waals surface area contributed by atoms with E-state index >= 15 is 0 Å². The molecular weight excluding hydrogens is 381 g/mol. The highest BCUT2D eigenvalue weighted by atomic mass is 35.5. The molecule has 0 bridgehead atoms. The van der Waals surface area contributed by atoms with Crippen LogP contribution in [0.5, 0.6) is 5.75 Å². The monoisotopic (exact) mass is 400 g/mol. The molecule has 4 nitrogen and oxygen atoms in total. The summed E-state index contributed by atoms with van der Waals surface area (Å²) in [5, 5.41) is 2.48. The average molecular weight is 401 g/mol. The van der Waals surface area contributed by atoms with Gasteiger partial charge >= 0.3 is 6.18 Å². The second-order valence-corrected chi connectivity index (χ2v) is 6.40. The first-order chi connectivity index (χ1) is 12.7. The number of nitrogens with one attached hydrogen (secondary N) is 1. The third kappa shape index (κ3) is 6.45. The number of benzene rings is 2. The summed E-state index contributed by atoms with van der Waals surface area (Å²) in [4.78, 5) is 13.9. The number of alkyl halides is 3. The van der Waals surface area contributed by atoms with Crippen molar-refractivity contribution in [2.24, 2.45) is 0 Å². The number of carbonyl (C=O) groups excluding carboxylic acids is 1. The van der Waals surface area contributed by atoms with Crippen molar-refractivity contribution in [2.45, 2.75) is 19.6 Å². The molecule has 0 aliphatic heterocycles. The van der Waals surface area contributed by atoms with Crippen LogP contribution in [-0.4, -0.2) is 31.0 Å². The Bertz CT molecular complexity index is 780. The van der Waals surface area contributed by atoms with Crippen LogP contribution in [0.4, 0.5) is 18.9 Å². The van der Waals surface area contributed by atoms with Gasteiger partial charge in [0.25, 0.3) is 0 Å². The first-order valence-corrected chi connectivity index (χ1v) is 8.63. The van der Waals surface area contributed by atoms with Crippen LogP contribution in [-0.2, 0) is 17.5 Å². The van der Waals surface area contributed by atoms with E-state index < -0.39 is 17.6 Å². The van der Waals surface area contributed by atoms with Gasteiger partial charge in [0.05, 0.1) is 29.4 Å². The molecule has 1 N–H and O–H groups in total. The smallest absolute Gasteiger partial charge is 0.416 e. The third-order valence-electron chi connectivity index (χ3n) is 3.67. The Morgan fingerprint density at radius 2 is 1.85 bits per heavy atom. The Labute approximate surface area is 160 Å². The van der Waals surface area contributed by atoms with E-state index in [0.717, 1.165) is 29.5 Å². The lowest BCUT2D eigenvalue weighted by atomic mass is 10.2. The van der Waals surface area contributed by atoms with Crippen LogP contribution < -0.4 is 10.1 Å². The van der Waals surface area contributed by atoms with E-state index in [1.54, 1.807) is 11.9 Å². The van der Waals surface area contributed by atoms with Crippen molar-refractivity contribution >= 4 is 23.2 Å². The zero-order chi connectivity index (χ0) is 20.0. The summed E-state index contributed by atoms with van der Waals surface area (Å²) < 4.78 is 43.8. The maximum absolute atomic E-state index is 12.8. The van der Waals surface area contributed by atoms with E-state index in [-0.39, 0.29) is 17.3 Å². The summed E-state index contributed by atoms with van der Waals surface area (Å²) in [6, 6.07) is 10.3. The predicted molar refractivity (Wildman–Crippen MR) is 99.0 cm³/mol. The first kappa shape index (κ1) is 21.1. The van der Waals surface area contributed by atoms with Crippen molar-refractivity contribution in [1.82, 2.24) is 4.90 Å². The van der Waals surface area contributed by atoms with E-state index in [9.17, 15) is 18.0 Å². The minimum Gasteiger partial charge on any atom is -0.494 e. The van der Waals surface area contributed by atoms with Crippen molar-refractivity contribution in [3.63, 3.8) is 0 Å². The number of hydrogen-bond acceptors (Lipinski definition) is 3. The summed E-state index contributed by atoms with van der Waals surface area (Å²) >= 11 is 5.89. The highest BCUT2D eigenvalue weighted by molar-refractivity contribution is 6.33. The van der Waals surface area contributed by atoms with Gasteiger partial charge in [-0.15, -0.1) is 0 Å². The number of nitrogens with zero attached hydrogens (tertiary/aromatic N) is 1. The van der Waals surface area contributed by atoms with Crippen LogP contribution in [0.2, 0.25) is 5.02 Å². The van der Waals surface area contributed by atoms with Crippen LogP contribution in [0.15, 0.2) is 42.5 Å². The van der Waals surface area contributed by atoms with E-state index in [1.165, 1.54) is 0 Å². The maximum atomic E-state index is 12.8. The van der Waals surface area contributed by atoms with Gasteiger partial charge in [0.1, 0.15) is 5.75 Å². The molecule has 0 aromatic heterocycles. The van der Waals surface area contributed by atoms with Crippen LogP contribution >= 0.6 is 11.6 Å². The lowest BCUT2D eigenvalue weighted by molar-refractivity contribution is -0.137. The summed E-state index contributed by atoms with van der Waals surface area (Å²) in [5.74, 6) is 0.311. The molecule has 0 unspecified atom stereocenters. The summed E-state index contributed by atoms with van der Waals surface area (Å²) in [6.07, 6.45) is -4.51. The number of likely N-dealkylation sites (N-methyl/N-ethyl adjacent to an activating group) is 1. The predicted octanol–water partition coefficient (Wildman–Crippen LogP) is 4.83. The Kier molecular flexibility index (Phi) is 7.10. The number of rotatable bonds is 7. The molecule has 27 heavy (non-hydrogen) atoms. The zero-order valence-electron chi connectivity index (χ0n) is 14.9. The molecule has 0 heterocycles. The highest BCUT2D eigenvalue weighted by Crippen LogP contribution is 2.33. The second-order valence-electron chi connectivity index (χ2n) is 5.99. The molecule has 2 aromatic rings. The quantitative estimate of drug-likeness (QED) is 0.724. The highest BCUT2D eigenvalue weighted by Gasteiger charge is 2.31. The molecule has 0 saturated heterocycles. The fraction of sp³-hybridized carbons (Fsp3) is 0.316. The van der Waals surface area contributed by atoms with Crippen molar-refractivity contribution in [1.29, 1.82) is 0 Å². The molecule has 2 rings (SSSR count). The van der Waals surface area contributed by atoms with Gasteiger partial charge in [-0.3, -0.25) is 9.69 Å². The minimum atomic E-state index is -4.51. The molecule has 0 radical (unpaired) electrons. The van der Waals surface area contributed by atoms with Gasteiger partial charge in [0, 0.05) is 6.54 Å². The first-order valence-electron chi connectivity index (χ1n) is 8.26. The Hall–Kier alpha value is -2.25. The van der Waals surface area contributed by atoms with E-state index in [1.807, 2.05) is 31.2 Å². The van der Waals surface area contributed by atoms with Crippen molar-refractivity contribution in [3.05, 3.63) is 58.6 Å². The topological polar surface area (TPSA) is 41.6 Å². The SMILES string of the molecule is CCOc1ccc(CN(C)CC(=O)Nc2cc(C(F)(F)F)ccc2Cl)cc1. The summed E-state index contributed by atoms with van der Waals surface area (Å²) in [6.45, 7) is 2.98. The van der Waals surface area contributed by atoms with Gasteiger partial charge in [0.15, 0.2) is 0 Å². The normalized spacial score (nSPS) is 11.5. The molecule has 8 heteroatoms. The molecule has 0 atom stereocenters.